The number of H-pyrrole nitrogens is 3. The molecule has 6 aromatic heterocycles. The van der Waals surface area contributed by atoms with Gasteiger partial charge in [-0.25, -0.2) is 0 Å². The van der Waals surface area contributed by atoms with Crippen molar-refractivity contribution in [3.63, 3.8) is 0 Å². The second-order valence-corrected chi connectivity index (χ2v) is 10.9. The number of pyridine rings is 3. The maximum atomic E-state index is 13.2. The molecule has 0 atom stereocenters. The number of nitrogens with one attached hydrogen (secondary N) is 6. The zero-order valence-corrected chi connectivity index (χ0v) is 25.4. The van der Waals surface area contributed by atoms with Crippen molar-refractivity contribution in [2.45, 2.75) is 20.8 Å². The predicted molar refractivity (Wildman–Crippen MR) is 177 cm³/mol. The molecule has 0 saturated carbocycles. The normalized spacial score (nSPS) is 11.3. The van der Waals surface area contributed by atoms with E-state index in [4.69, 9.17) is 42.7 Å². The molecule has 15 nitrogen and oxygen atoms in total. The Balaban J connectivity index is 1.88. The number of aromatic amines is 3. The highest BCUT2D eigenvalue weighted by atomic mass is 16.4. The minimum absolute atomic E-state index is 0.0370. The van der Waals surface area contributed by atoms with Crippen LogP contribution in [0.3, 0.4) is 0 Å². The van der Waals surface area contributed by atoms with Crippen LogP contribution in [0.5, 0.6) is 0 Å². The molecular formula is C33H24N6O9. The molecule has 8 rings (SSSR count). The van der Waals surface area contributed by atoms with Gasteiger partial charge in [0.25, 0.3) is 0 Å². The molecule has 0 aliphatic carbocycles. The van der Waals surface area contributed by atoms with E-state index in [0.29, 0.717) is 0 Å². The number of hydrogen-bond donors (Lipinski definition) is 6. The van der Waals surface area contributed by atoms with Gasteiger partial charge in [-0.05, 0) is 20.8 Å². The Kier molecular flexibility index (Phi) is 6.93. The summed E-state index contributed by atoms with van der Waals surface area (Å²) in [6.07, 6.45) is 0. The topological polar surface area (TPSA) is 249 Å². The second-order valence-electron chi connectivity index (χ2n) is 10.9. The third kappa shape index (κ3) is 5.55. The summed E-state index contributed by atoms with van der Waals surface area (Å²) < 4.78 is 36.5. The van der Waals surface area contributed by atoms with Crippen LogP contribution in [0.25, 0.3) is 67.8 Å². The highest BCUT2D eigenvalue weighted by molar-refractivity contribution is 6.02. The lowest BCUT2D eigenvalue weighted by Gasteiger charge is -2.04. The van der Waals surface area contributed by atoms with E-state index < -0.39 is 16.3 Å². The van der Waals surface area contributed by atoms with Gasteiger partial charge in [0.05, 0.1) is 0 Å². The van der Waals surface area contributed by atoms with Gasteiger partial charge in [-0.2, -0.15) is 0 Å². The first kappa shape index (κ1) is 29.8. The van der Waals surface area contributed by atoms with Crippen LogP contribution >= 0.6 is 0 Å². The number of aromatic nitrogens is 3. The fourth-order valence-corrected chi connectivity index (χ4v) is 5.18. The van der Waals surface area contributed by atoms with Crippen LogP contribution in [0.4, 0.5) is 0 Å². The van der Waals surface area contributed by atoms with Gasteiger partial charge < -0.3 is 42.7 Å². The highest BCUT2D eigenvalue weighted by Crippen LogP contribution is 2.21. The average molecular weight is 649 g/mol. The summed E-state index contributed by atoms with van der Waals surface area (Å²) in [5.74, 6) is 0. The zero-order valence-electron chi connectivity index (χ0n) is 25.4. The molecule has 0 spiro atoms. The Morgan fingerprint density at radius 3 is 0.875 bits per heavy atom. The Labute approximate surface area is 265 Å². The maximum absolute atomic E-state index is 13.2. The molecular weight excluding hydrogens is 624 g/mol. The minimum atomic E-state index is -0.571. The first-order chi connectivity index (χ1) is 22.9. The molecule has 0 unspecified atom stereocenters. The Morgan fingerprint density at radius 1 is 0.417 bits per heavy atom. The number of rotatable bonds is 3. The van der Waals surface area contributed by atoms with Crippen LogP contribution in [-0.4, -0.2) is 32.1 Å². The lowest BCUT2D eigenvalue weighted by Crippen LogP contribution is -2.13. The van der Waals surface area contributed by atoms with E-state index in [1.54, 1.807) is 0 Å². The van der Waals surface area contributed by atoms with E-state index in [1.807, 2.05) is 0 Å². The van der Waals surface area contributed by atoms with Gasteiger partial charge in [0.15, 0.2) is 16.3 Å². The lowest BCUT2D eigenvalue weighted by molar-refractivity contribution is 0.590. The molecule has 6 heterocycles. The van der Waals surface area contributed by atoms with Gasteiger partial charge >= 0.3 is 0 Å². The van der Waals surface area contributed by atoms with Crippen LogP contribution < -0.4 is 16.3 Å². The van der Waals surface area contributed by atoms with Gasteiger partial charge in [-0.1, -0.05) is 0 Å². The fraction of sp³-hybridized carbons (Fsp3) is 0.0909. The molecule has 0 saturated heterocycles. The van der Waals surface area contributed by atoms with E-state index in [0.717, 1.165) is 18.2 Å². The molecule has 0 aliphatic rings. The molecule has 0 amide bonds. The predicted octanol–water partition coefficient (Wildman–Crippen LogP) is 6.77. The number of hydrogen-bond acceptors (Lipinski definition) is 12. The summed E-state index contributed by atoms with van der Waals surface area (Å²) in [6, 6.07) is 12.0. The van der Waals surface area contributed by atoms with Crippen molar-refractivity contribution in [1.29, 1.82) is 16.2 Å². The van der Waals surface area contributed by atoms with E-state index in [2.05, 4.69) is 15.0 Å². The third-order valence-corrected chi connectivity index (χ3v) is 7.09. The van der Waals surface area contributed by atoms with Crippen molar-refractivity contribution in [3.8, 4) is 0 Å². The van der Waals surface area contributed by atoms with E-state index in [-0.39, 0.29) is 102 Å². The first-order valence-corrected chi connectivity index (χ1v) is 14.3. The van der Waals surface area contributed by atoms with E-state index >= 15 is 0 Å². The average Bonchev–Trinajstić information content (AvgIpc) is 2.94. The maximum Gasteiger partial charge on any atom is 0.213 e. The summed E-state index contributed by atoms with van der Waals surface area (Å²) in [6.45, 7) is 4.27. The van der Waals surface area contributed by atoms with Crippen LogP contribution in [0.1, 0.15) is 37.5 Å². The zero-order chi connectivity index (χ0) is 33.9. The van der Waals surface area contributed by atoms with Crippen molar-refractivity contribution in [1.82, 2.24) is 15.0 Å². The number of benzene rings is 2. The van der Waals surface area contributed by atoms with Crippen molar-refractivity contribution in [2.75, 3.05) is 0 Å². The van der Waals surface area contributed by atoms with E-state index in [9.17, 15) is 14.4 Å². The van der Waals surface area contributed by atoms with Gasteiger partial charge in [0.1, 0.15) is 50.2 Å². The van der Waals surface area contributed by atoms with E-state index in [1.165, 1.54) is 57.2 Å². The highest BCUT2D eigenvalue weighted by Gasteiger charge is 2.13. The molecule has 0 fully saturated rings. The minimum Gasteiger partial charge on any atom is -0.441 e. The van der Waals surface area contributed by atoms with Crippen molar-refractivity contribution >= 4 is 84.9 Å². The lowest BCUT2D eigenvalue weighted by atomic mass is 10.2. The van der Waals surface area contributed by atoms with Gasteiger partial charge in [0, 0.05) is 71.7 Å². The largest absolute Gasteiger partial charge is 0.441 e. The summed E-state index contributed by atoms with van der Waals surface area (Å²) in [5, 5.41) is 24.7. The van der Waals surface area contributed by atoms with Gasteiger partial charge in [-0.3, -0.25) is 29.3 Å². The SMILES string of the molecule is CC(=N)c1c(=O)cc2[nH]c1oc1cc3cc(c1)oc1cc(=O)c(C(C)=N)c([nH]1)oc1cc(cc(c1)oc1[nH]c(cc(=O)c1C(C)=N)o3)o2. The standard InChI is InChI=1S/C33H24N6O9/c1-13(34)28-24(42)12-27-39-31(28)46-19-5-16-4-17(6-19)44-26-11-23(41)30(15(3)36)33(38-26)48-21-8-18(45-27)7-20(9-21)47-32-29(14(2)35)22(40)10-25(37-32)43-16/h4-12,34-36H,1-3H3,(H,37,40)(H,38,41)(H,39,42). The second kappa shape index (κ2) is 11.2. The van der Waals surface area contributed by atoms with Crippen molar-refractivity contribution < 1.29 is 26.5 Å². The summed E-state index contributed by atoms with van der Waals surface area (Å²) in [4.78, 5) is 48.5. The monoisotopic (exact) mass is 648 g/mol. The van der Waals surface area contributed by atoms with Gasteiger partial charge in [0.2, 0.25) is 34.3 Å². The first-order valence-electron chi connectivity index (χ1n) is 14.3. The molecule has 12 bridgehead atoms. The Hall–Kier alpha value is -6.90. The molecule has 8 aromatic rings. The Bertz CT molecular complexity index is 2770. The summed E-state index contributed by atoms with van der Waals surface area (Å²) >= 11 is 0. The molecule has 6 N–H and O–H groups in total. The van der Waals surface area contributed by atoms with Crippen LogP contribution in [0.2, 0.25) is 0 Å². The van der Waals surface area contributed by atoms with Crippen LogP contribution in [-0.2, 0) is 0 Å². The molecule has 0 radical (unpaired) electrons. The molecule has 2 aromatic carbocycles. The quantitative estimate of drug-likeness (QED) is 0.110. The molecule has 240 valence electrons. The molecule has 0 aliphatic heterocycles. The summed E-state index contributed by atoms with van der Waals surface area (Å²) in [5.41, 5.74) is -2.51. The van der Waals surface area contributed by atoms with Gasteiger partial charge in [-0.15, -0.1) is 0 Å². The summed E-state index contributed by atoms with van der Waals surface area (Å²) in [7, 11) is 0. The van der Waals surface area contributed by atoms with Crippen LogP contribution in [0, 0.1) is 16.2 Å². The molecule has 15 heteroatoms. The smallest absolute Gasteiger partial charge is 0.213 e. The Morgan fingerprint density at radius 2 is 0.646 bits per heavy atom. The van der Waals surface area contributed by atoms with Crippen molar-refractivity contribution in [3.05, 3.63) is 102 Å². The van der Waals surface area contributed by atoms with Crippen LogP contribution in [0.15, 0.2) is 95.5 Å². The third-order valence-electron chi connectivity index (χ3n) is 7.09. The molecule has 48 heavy (non-hydrogen) atoms. The fourth-order valence-electron chi connectivity index (χ4n) is 5.18. The van der Waals surface area contributed by atoms with Crippen molar-refractivity contribution in [2.24, 2.45) is 0 Å².